The molecule has 174 valence electrons. The number of rotatable bonds is 5. The number of carbonyl (C=O) groups excluding carboxylic acids is 1. The number of pyridine rings is 2. The van der Waals surface area contributed by atoms with Gasteiger partial charge >= 0.3 is 6.18 Å². The van der Waals surface area contributed by atoms with E-state index in [1.54, 1.807) is 30.3 Å². The summed E-state index contributed by atoms with van der Waals surface area (Å²) in [5.41, 5.74) is 8.45. The van der Waals surface area contributed by atoms with E-state index in [0.29, 0.717) is 35.7 Å². The summed E-state index contributed by atoms with van der Waals surface area (Å²) in [5, 5.41) is 3.95. The zero-order chi connectivity index (χ0) is 23.9. The van der Waals surface area contributed by atoms with E-state index in [1.165, 1.54) is 11.1 Å². The summed E-state index contributed by atoms with van der Waals surface area (Å²) in [7, 11) is 1.73. The van der Waals surface area contributed by atoms with Crippen molar-refractivity contribution >= 4 is 22.6 Å². The molecule has 7 nitrogen and oxygen atoms in total. The highest BCUT2D eigenvalue weighted by Crippen LogP contribution is 2.38. The fraction of sp³-hybridized carbons (Fsp3) is 0.348. The maximum absolute atomic E-state index is 13.5. The Morgan fingerprint density at radius 3 is 2.67 bits per heavy atom. The molecule has 0 spiro atoms. The molecule has 0 saturated heterocycles. The first kappa shape index (κ1) is 22.9. The number of aromatic nitrogens is 2. The smallest absolute Gasteiger partial charge is 0.383 e. The highest BCUT2D eigenvalue weighted by atomic mass is 19.4. The van der Waals surface area contributed by atoms with Gasteiger partial charge in [0.1, 0.15) is 5.82 Å². The van der Waals surface area contributed by atoms with Gasteiger partial charge in [0, 0.05) is 36.3 Å². The molecule has 0 saturated carbocycles. The van der Waals surface area contributed by atoms with Gasteiger partial charge < -0.3 is 10.5 Å². The summed E-state index contributed by atoms with van der Waals surface area (Å²) in [5.74, 6) is 0.114. The molecule has 1 aliphatic rings. The molecule has 1 amide bonds. The monoisotopic (exact) mass is 459 g/mol. The Morgan fingerprint density at radius 1 is 1.27 bits per heavy atom. The number of halogens is 3. The number of hydrazine groups is 1. The van der Waals surface area contributed by atoms with Gasteiger partial charge in [0.05, 0.1) is 36.0 Å². The van der Waals surface area contributed by atoms with E-state index < -0.39 is 11.7 Å². The summed E-state index contributed by atoms with van der Waals surface area (Å²) < 4.78 is 44.3. The SMILES string of the molecule is CCN(C)N(Cc1ccc(C(F)(F)F)cn1)C(=O)c1ccc2nc(N)c3c(c2c1)CO[C@@H]3C. The second-order valence-corrected chi connectivity index (χ2v) is 7.95. The van der Waals surface area contributed by atoms with Crippen molar-refractivity contribution in [1.29, 1.82) is 0 Å². The molecule has 1 aliphatic heterocycles. The number of hydrogen-bond acceptors (Lipinski definition) is 6. The van der Waals surface area contributed by atoms with Crippen LogP contribution >= 0.6 is 0 Å². The molecule has 2 N–H and O–H groups in total. The van der Waals surface area contributed by atoms with E-state index in [-0.39, 0.29) is 18.6 Å². The summed E-state index contributed by atoms with van der Waals surface area (Å²) >= 11 is 0. The minimum Gasteiger partial charge on any atom is -0.383 e. The van der Waals surface area contributed by atoms with Crippen molar-refractivity contribution < 1.29 is 22.7 Å². The quantitative estimate of drug-likeness (QED) is 0.572. The lowest BCUT2D eigenvalue weighted by Crippen LogP contribution is -2.43. The maximum Gasteiger partial charge on any atom is 0.417 e. The average molecular weight is 459 g/mol. The highest BCUT2D eigenvalue weighted by Gasteiger charge is 2.31. The van der Waals surface area contributed by atoms with Gasteiger partial charge in [-0.1, -0.05) is 6.92 Å². The van der Waals surface area contributed by atoms with Crippen LogP contribution in [-0.2, 0) is 24.1 Å². The zero-order valence-corrected chi connectivity index (χ0v) is 18.5. The van der Waals surface area contributed by atoms with Gasteiger partial charge in [-0.15, -0.1) is 0 Å². The van der Waals surface area contributed by atoms with Crippen molar-refractivity contribution in [2.45, 2.75) is 39.3 Å². The number of hydrogen-bond donors (Lipinski definition) is 1. The lowest BCUT2D eigenvalue weighted by Gasteiger charge is -2.31. The Labute approximate surface area is 188 Å². The van der Waals surface area contributed by atoms with Gasteiger partial charge in [-0.05, 0) is 42.8 Å². The molecular formula is C23H24F3N5O2. The second kappa shape index (κ2) is 8.60. The van der Waals surface area contributed by atoms with Crippen LogP contribution in [0, 0.1) is 0 Å². The number of nitrogens with zero attached hydrogens (tertiary/aromatic N) is 4. The van der Waals surface area contributed by atoms with Gasteiger partial charge in [-0.25, -0.2) is 9.99 Å². The molecule has 33 heavy (non-hydrogen) atoms. The highest BCUT2D eigenvalue weighted by molar-refractivity contribution is 5.99. The van der Waals surface area contributed by atoms with Crippen molar-refractivity contribution in [3.8, 4) is 0 Å². The molecule has 1 aromatic carbocycles. The summed E-state index contributed by atoms with van der Waals surface area (Å²) in [6.07, 6.45) is -3.86. The molecule has 0 radical (unpaired) electrons. The van der Waals surface area contributed by atoms with Gasteiger partial charge in [0.2, 0.25) is 0 Å². The number of carbonyl (C=O) groups is 1. The zero-order valence-electron chi connectivity index (χ0n) is 18.5. The van der Waals surface area contributed by atoms with Gasteiger partial charge in [-0.3, -0.25) is 14.8 Å². The fourth-order valence-electron chi connectivity index (χ4n) is 3.91. The number of anilines is 1. The molecule has 0 bridgehead atoms. The van der Waals surface area contributed by atoms with Crippen LogP contribution in [0.15, 0.2) is 36.5 Å². The topological polar surface area (TPSA) is 84.6 Å². The van der Waals surface area contributed by atoms with Crippen LogP contribution in [0.1, 0.15) is 52.7 Å². The molecule has 1 atom stereocenters. The van der Waals surface area contributed by atoms with Gasteiger partial charge in [0.25, 0.3) is 5.91 Å². The van der Waals surface area contributed by atoms with Crippen LogP contribution in [-0.4, -0.2) is 39.5 Å². The van der Waals surface area contributed by atoms with Crippen molar-refractivity contribution in [2.24, 2.45) is 0 Å². The normalized spacial score (nSPS) is 15.8. The predicted octanol–water partition coefficient (Wildman–Crippen LogP) is 4.33. The molecule has 10 heteroatoms. The van der Waals surface area contributed by atoms with Crippen molar-refractivity contribution in [3.63, 3.8) is 0 Å². The summed E-state index contributed by atoms with van der Waals surface area (Å²) in [4.78, 5) is 21.8. The predicted molar refractivity (Wildman–Crippen MR) is 117 cm³/mol. The molecule has 3 heterocycles. The van der Waals surface area contributed by atoms with E-state index in [2.05, 4.69) is 9.97 Å². The van der Waals surface area contributed by atoms with Crippen molar-refractivity contribution in [2.75, 3.05) is 19.3 Å². The summed E-state index contributed by atoms with van der Waals surface area (Å²) in [6, 6.07) is 7.42. The van der Waals surface area contributed by atoms with Gasteiger partial charge in [0.15, 0.2) is 0 Å². The first-order valence-corrected chi connectivity index (χ1v) is 10.5. The number of alkyl halides is 3. The molecule has 3 aromatic rings. The van der Waals surface area contributed by atoms with Crippen molar-refractivity contribution in [1.82, 2.24) is 20.0 Å². The van der Waals surface area contributed by atoms with E-state index in [4.69, 9.17) is 10.5 Å². The Kier molecular flexibility index (Phi) is 5.98. The lowest BCUT2D eigenvalue weighted by molar-refractivity contribution is -0.137. The Hall–Kier alpha value is -3.24. The number of nitrogen functional groups attached to an aromatic ring is 1. The maximum atomic E-state index is 13.5. The molecule has 0 fully saturated rings. The Bertz CT molecular complexity index is 1200. The van der Waals surface area contributed by atoms with Crippen LogP contribution in [0.3, 0.4) is 0 Å². The largest absolute Gasteiger partial charge is 0.417 e. The van der Waals surface area contributed by atoms with Crippen LogP contribution in [0.2, 0.25) is 0 Å². The molecule has 4 rings (SSSR count). The van der Waals surface area contributed by atoms with Crippen LogP contribution < -0.4 is 5.73 Å². The summed E-state index contributed by atoms with van der Waals surface area (Å²) in [6.45, 7) is 4.70. The molecule has 2 aromatic heterocycles. The van der Waals surface area contributed by atoms with E-state index in [1.807, 2.05) is 13.8 Å². The van der Waals surface area contributed by atoms with Crippen LogP contribution in [0.25, 0.3) is 10.9 Å². The van der Waals surface area contributed by atoms with Crippen LogP contribution in [0.4, 0.5) is 19.0 Å². The van der Waals surface area contributed by atoms with E-state index in [9.17, 15) is 18.0 Å². The molecule has 0 unspecified atom stereocenters. The number of fused-ring (bicyclic) bond motifs is 3. The average Bonchev–Trinajstić information content (AvgIpc) is 3.18. The van der Waals surface area contributed by atoms with Crippen molar-refractivity contribution in [3.05, 3.63) is 64.5 Å². The third kappa shape index (κ3) is 4.36. The number of nitrogens with two attached hydrogens (primary N) is 1. The molecular weight excluding hydrogens is 435 g/mol. The Balaban J connectivity index is 1.68. The number of ether oxygens (including phenoxy) is 1. The second-order valence-electron chi connectivity index (χ2n) is 7.95. The first-order chi connectivity index (χ1) is 15.6. The third-order valence-electron chi connectivity index (χ3n) is 5.86. The number of benzene rings is 1. The minimum absolute atomic E-state index is 0.0254. The van der Waals surface area contributed by atoms with E-state index in [0.717, 1.165) is 28.8 Å². The van der Waals surface area contributed by atoms with E-state index >= 15 is 0 Å². The third-order valence-corrected chi connectivity index (χ3v) is 5.86. The van der Waals surface area contributed by atoms with Gasteiger partial charge in [-0.2, -0.15) is 13.2 Å². The number of amides is 1. The minimum atomic E-state index is -4.47. The van der Waals surface area contributed by atoms with Crippen LogP contribution in [0.5, 0.6) is 0 Å². The Morgan fingerprint density at radius 2 is 2.03 bits per heavy atom. The molecule has 0 aliphatic carbocycles. The standard InChI is InChI=1S/C23H24F3N5O2/c1-4-30(3)31(11-16-7-6-15(10-28-16)23(24,25)26)22(32)14-5-8-19-17(9-14)18-12-33-13(2)20(18)21(27)29-19/h5-10,13H,4,11-12H2,1-3H3,(H2,27,29)/t13-/m1/s1. The lowest BCUT2D eigenvalue weighted by atomic mass is 10.00. The fourth-order valence-corrected chi connectivity index (χ4v) is 3.91. The first-order valence-electron chi connectivity index (χ1n) is 10.5.